The first-order chi connectivity index (χ1) is 62.3. The summed E-state index contributed by atoms with van der Waals surface area (Å²) in [6.07, 6.45) is -24.6. The van der Waals surface area contributed by atoms with E-state index in [1.807, 2.05) is 6.08 Å². The molecule has 3 aliphatic heterocycles. The van der Waals surface area contributed by atoms with Gasteiger partial charge in [0.15, 0.2) is 61.4 Å². The molecular weight excluding hydrogens is 1670 g/mol. The van der Waals surface area contributed by atoms with E-state index in [0.29, 0.717) is 12.8 Å². The van der Waals surface area contributed by atoms with Gasteiger partial charge >= 0.3 is 67.5 Å². The maximum absolute atomic E-state index is 15.8. The third kappa shape index (κ3) is 25.5. The van der Waals surface area contributed by atoms with Crippen LogP contribution < -0.4 is 0 Å². The van der Waals surface area contributed by atoms with E-state index in [2.05, 4.69) is 6.58 Å². The molecule has 1 N–H and O–H groups in total. The number of phosphoric ester groups is 1. The van der Waals surface area contributed by atoms with Gasteiger partial charge in [-0.3, -0.25) is 9.05 Å². The highest BCUT2D eigenvalue weighted by molar-refractivity contribution is 7.47. The van der Waals surface area contributed by atoms with Crippen molar-refractivity contribution in [3.8, 4) is 0 Å². The summed E-state index contributed by atoms with van der Waals surface area (Å²) in [6.45, 7) is 0.578. The van der Waals surface area contributed by atoms with Crippen LogP contribution in [-0.2, 0) is 84.7 Å². The molecule has 30 heteroatoms. The minimum absolute atomic E-state index is 0.00865. The highest BCUT2D eigenvalue weighted by Crippen LogP contribution is 2.49. The highest BCUT2D eigenvalue weighted by Gasteiger charge is 2.60. The zero-order valence-electron chi connectivity index (χ0n) is 68.9. The standard InChI is InChI=1S/C98H91O29P/c1-2-3-4-5-6-7-8-39-60-111-96-83(123-93(106)71-54-33-16-34-55-71)82(122-92(105)70-52-31-15-32-53-70)79(75(115-96)62-113-87(100)65-42-21-10-22-43-65)126-97-84(124-94(107)72-56-35-17-36-57-72)80(120-90(103)68-48-27-13-28-49-68)78(119-89(102)67-46-25-12-26-47-67)76(116-97)63-114-128(109,110)127-98-85(125-95(108)73-58-37-18-38-59-73)81(121-91(104)69-50-29-14-30-51-69)77(118-88(101)66-44-23-11-24-45-66)74(117-98)61-112-86(99)64-40-19-9-20-41-64/h2,9-38,40-59,74-85,96-98H,1,3-8,39,60-63H2,(H,109,110)/t74-,75-,76-,77-,78+,79-,80+,81+,82+,83+,84-,85+,96+,97+,98-/m1/s1. The maximum Gasteiger partial charge on any atom is 0.474 e. The van der Waals surface area contributed by atoms with Crippen LogP contribution in [-0.4, -0.2) is 183 Å². The molecule has 3 fully saturated rings. The van der Waals surface area contributed by atoms with Crippen LogP contribution >= 0.6 is 7.82 Å². The summed E-state index contributed by atoms with van der Waals surface area (Å²) < 4.78 is 125. The van der Waals surface area contributed by atoms with Gasteiger partial charge in [0.1, 0.15) is 37.6 Å². The molecule has 3 aliphatic rings. The van der Waals surface area contributed by atoms with Crippen LogP contribution in [0.5, 0.6) is 0 Å². The second-order valence-corrected chi connectivity index (χ2v) is 30.9. The molecule has 0 spiro atoms. The molecule has 10 aromatic rings. The fourth-order valence-corrected chi connectivity index (χ4v) is 15.0. The number of phosphoric acid groups is 1. The van der Waals surface area contributed by atoms with Crippen LogP contribution in [0.25, 0.3) is 0 Å². The zero-order chi connectivity index (χ0) is 89.6. The monoisotopic (exact) mass is 1760 g/mol. The fraction of sp³-hybridized carbons (Fsp3) is 0.265. The Balaban J connectivity index is 0.945. The predicted octanol–water partition coefficient (Wildman–Crippen LogP) is 15.1. The number of hydrogen-bond donors (Lipinski definition) is 1. The van der Waals surface area contributed by atoms with Crippen molar-refractivity contribution >= 4 is 67.5 Å². The molecule has 128 heavy (non-hydrogen) atoms. The van der Waals surface area contributed by atoms with Crippen molar-refractivity contribution in [1.29, 1.82) is 0 Å². The summed E-state index contributed by atoms with van der Waals surface area (Å²) in [5.74, 6) is -11.0. The molecule has 0 saturated carbocycles. The van der Waals surface area contributed by atoms with Gasteiger partial charge in [-0.1, -0.05) is 214 Å². The lowest BCUT2D eigenvalue weighted by atomic mass is 9.95. The predicted molar refractivity (Wildman–Crippen MR) is 455 cm³/mol. The van der Waals surface area contributed by atoms with E-state index in [9.17, 15) is 33.7 Å². The lowest BCUT2D eigenvalue weighted by Gasteiger charge is -2.49. The summed E-state index contributed by atoms with van der Waals surface area (Å²) >= 11 is 0. The third-order valence-corrected chi connectivity index (χ3v) is 21.5. The first-order valence-electron chi connectivity index (χ1n) is 41.4. The van der Waals surface area contributed by atoms with Crippen molar-refractivity contribution in [3.63, 3.8) is 0 Å². The Morgan fingerprint density at radius 1 is 0.281 bits per heavy atom. The lowest BCUT2D eigenvalue weighted by Crippen LogP contribution is -2.67. The number of benzene rings is 10. The molecular formula is C98H91O29P. The van der Waals surface area contributed by atoms with Crippen molar-refractivity contribution < 1.29 is 138 Å². The third-order valence-electron chi connectivity index (χ3n) is 20.6. The van der Waals surface area contributed by atoms with Crippen molar-refractivity contribution in [2.75, 3.05) is 26.4 Å². The molecule has 3 saturated heterocycles. The van der Waals surface area contributed by atoms with Crippen LogP contribution in [0.15, 0.2) is 316 Å². The molecule has 0 aromatic heterocycles. The number of carbonyl (C=O) groups is 10. The van der Waals surface area contributed by atoms with Gasteiger partial charge in [-0.2, -0.15) is 0 Å². The molecule has 29 nitrogen and oxygen atoms in total. The smallest absolute Gasteiger partial charge is 0.459 e. The molecule has 0 amide bonds. The molecule has 10 aromatic carbocycles. The molecule has 1 unspecified atom stereocenters. The summed E-state index contributed by atoms with van der Waals surface area (Å²) in [5, 5.41) is 0. The van der Waals surface area contributed by atoms with Crippen molar-refractivity contribution in [2.45, 2.75) is 137 Å². The topological polar surface area (TPSA) is 365 Å². The van der Waals surface area contributed by atoms with E-state index in [1.165, 1.54) is 194 Å². The van der Waals surface area contributed by atoms with Crippen LogP contribution in [0.2, 0.25) is 0 Å². The summed E-state index contributed by atoms with van der Waals surface area (Å²) in [6, 6.07) is 74.5. The Bertz CT molecular complexity index is 5360. The summed E-state index contributed by atoms with van der Waals surface area (Å²) in [7, 11) is -6.16. The lowest BCUT2D eigenvalue weighted by molar-refractivity contribution is -0.356. The van der Waals surface area contributed by atoms with E-state index >= 15 is 23.7 Å². The minimum atomic E-state index is -6.16. The van der Waals surface area contributed by atoms with Gasteiger partial charge in [-0.05, 0) is 141 Å². The van der Waals surface area contributed by atoms with Gasteiger partial charge in [0, 0.05) is 6.61 Å². The fourth-order valence-electron chi connectivity index (χ4n) is 14.1. The summed E-state index contributed by atoms with van der Waals surface area (Å²) in [5.41, 5.74) is -0.781. The number of rotatable bonds is 39. The Morgan fingerprint density at radius 2 is 0.516 bits per heavy atom. The zero-order valence-corrected chi connectivity index (χ0v) is 69.8. The van der Waals surface area contributed by atoms with E-state index < -0.39 is 179 Å². The number of unbranched alkanes of at least 4 members (excludes halogenated alkanes) is 6. The highest BCUT2D eigenvalue weighted by atomic mass is 31.2. The van der Waals surface area contributed by atoms with E-state index in [1.54, 1.807) is 109 Å². The second kappa shape index (κ2) is 46.1. The molecule has 0 aliphatic carbocycles. The van der Waals surface area contributed by atoms with E-state index in [0.717, 1.165) is 32.1 Å². The molecule has 13 rings (SSSR count). The average Bonchev–Trinajstić information content (AvgIpc) is 1.04. The SMILES string of the molecule is C=CCCCCCCCCO[C@H]1O[C@H](COC(=O)c2ccccc2)[C@@H](O[C@@H]2O[C@H](COP(=O)(O)O[C@H]3O[C@H](COC(=O)c4ccccc4)[C@@H](OC(=O)c4ccccc4)[C@H](OC(=O)c4ccccc4)[C@@H]3OC(=O)c3ccccc3)[C@H](OC(=O)c3ccccc3)[C@H](OC(=O)c3ccccc3)[C@H]2OC(=O)c2ccccc2)[C@H](OC(=O)c2ccccc2)[C@@H]1OC(=O)c1ccccc1. The number of hydrogen-bond acceptors (Lipinski definition) is 28. The first-order valence-corrected chi connectivity index (χ1v) is 42.9. The molecule has 662 valence electrons. The number of esters is 10. The molecule has 16 atom stereocenters. The molecule has 3 heterocycles. The van der Waals surface area contributed by atoms with Crippen LogP contribution in [0, 0.1) is 0 Å². The normalized spacial score (nSPS) is 22.2. The quantitative estimate of drug-likeness (QED) is 0.0123. The van der Waals surface area contributed by atoms with Crippen molar-refractivity contribution in [3.05, 3.63) is 372 Å². The minimum Gasteiger partial charge on any atom is -0.459 e. The van der Waals surface area contributed by atoms with Gasteiger partial charge in [-0.15, -0.1) is 6.58 Å². The van der Waals surface area contributed by atoms with Gasteiger partial charge < -0.3 is 75.9 Å². The number of allylic oxidation sites excluding steroid dienone is 1. The first kappa shape index (κ1) is 92.2. The Labute approximate surface area is 736 Å². The van der Waals surface area contributed by atoms with Crippen molar-refractivity contribution in [2.24, 2.45) is 0 Å². The van der Waals surface area contributed by atoms with Crippen molar-refractivity contribution in [1.82, 2.24) is 0 Å². The average molecular weight is 1760 g/mol. The molecule has 0 radical (unpaired) electrons. The van der Waals surface area contributed by atoms with E-state index in [-0.39, 0.29) is 62.2 Å². The Hall–Kier alpha value is -13.5. The summed E-state index contributed by atoms with van der Waals surface area (Å²) in [4.78, 5) is 161. The number of ether oxygens (including phenoxy) is 15. The second-order valence-electron chi connectivity index (χ2n) is 29.5. The van der Waals surface area contributed by atoms with Gasteiger partial charge in [0.25, 0.3) is 0 Å². The van der Waals surface area contributed by atoms with Gasteiger partial charge in [-0.25, -0.2) is 52.5 Å². The van der Waals surface area contributed by atoms with Crippen LogP contribution in [0.1, 0.15) is 149 Å². The largest absolute Gasteiger partial charge is 0.474 e. The van der Waals surface area contributed by atoms with Gasteiger partial charge in [0.2, 0.25) is 6.29 Å². The van der Waals surface area contributed by atoms with Crippen LogP contribution in [0.3, 0.4) is 0 Å². The molecule has 0 bridgehead atoms. The van der Waals surface area contributed by atoms with Crippen LogP contribution in [0.4, 0.5) is 0 Å². The van der Waals surface area contributed by atoms with E-state index in [4.69, 9.17) is 80.1 Å². The Kier molecular flexibility index (Phi) is 33.2. The van der Waals surface area contributed by atoms with Gasteiger partial charge in [0.05, 0.1) is 62.2 Å². The Morgan fingerprint density at radius 3 is 0.836 bits per heavy atom. The maximum atomic E-state index is 15.8. The number of carbonyl (C=O) groups excluding carboxylic acids is 10.